The molecule has 0 spiro atoms. The first-order chi connectivity index (χ1) is 17.5. The van der Waals surface area contributed by atoms with Crippen molar-refractivity contribution >= 4 is 15.7 Å². The number of benzene rings is 2. The summed E-state index contributed by atoms with van der Waals surface area (Å²) in [7, 11) is -4.01. The van der Waals surface area contributed by atoms with Crippen LogP contribution >= 0.6 is 0 Å². The average Bonchev–Trinajstić information content (AvgIpc) is 3.34. The fourth-order valence-electron chi connectivity index (χ4n) is 3.93. The molecule has 0 fully saturated rings. The second-order valence-electron chi connectivity index (χ2n) is 8.23. The maximum Gasteiger partial charge on any atom is 0.233 e. The van der Waals surface area contributed by atoms with Crippen molar-refractivity contribution in [3.05, 3.63) is 42.5 Å². The minimum absolute atomic E-state index is 0.0597. The number of sulfone groups is 1. The van der Waals surface area contributed by atoms with E-state index in [2.05, 4.69) is 29.0 Å². The number of anilines is 1. The van der Waals surface area contributed by atoms with Crippen molar-refractivity contribution in [1.29, 1.82) is 0 Å². The SMILES string of the molecule is CCOc1ccc(-c2nc(S(=O)(=O)c3ccc4c(c3)OCCO4)c(NCCCN(CC)CC)o2)cc1. The van der Waals surface area contributed by atoms with E-state index in [-0.39, 0.29) is 21.7 Å². The molecule has 0 radical (unpaired) electrons. The monoisotopic (exact) mass is 515 g/mol. The Morgan fingerprint density at radius 3 is 2.42 bits per heavy atom. The first-order valence-corrected chi connectivity index (χ1v) is 13.8. The van der Waals surface area contributed by atoms with Crippen LogP contribution in [-0.4, -0.2) is 64.3 Å². The van der Waals surface area contributed by atoms with E-state index in [1.54, 1.807) is 30.3 Å². The zero-order valence-corrected chi connectivity index (χ0v) is 21.8. The van der Waals surface area contributed by atoms with E-state index in [0.717, 1.165) is 26.1 Å². The van der Waals surface area contributed by atoms with Crippen molar-refractivity contribution in [2.45, 2.75) is 37.1 Å². The second kappa shape index (κ2) is 11.7. The van der Waals surface area contributed by atoms with Crippen LogP contribution < -0.4 is 19.5 Å². The molecule has 0 saturated heterocycles. The fraction of sp³-hybridized carbons (Fsp3) is 0.423. The second-order valence-corrected chi connectivity index (χ2v) is 10.1. The smallest absolute Gasteiger partial charge is 0.233 e. The van der Waals surface area contributed by atoms with Crippen molar-refractivity contribution in [2.24, 2.45) is 0 Å². The quantitative estimate of drug-likeness (QED) is 0.350. The zero-order valence-electron chi connectivity index (χ0n) is 21.0. The first kappa shape index (κ1) is 25.8. The molecule has 36 heavy (non-hydrogen) atoms. The number of fused-ring (bicyclic) bond motifs is 1. The predicted molar refractivity (Wildman–Crippen MR) is 137 cm³/mol. The fourth-order valence-corrected chi connectivity index (χ4v) is 5.22. The third-order valence-electron chi connectivity index (χ3n) is 5.92. The van der Waals surface area contributed by atoms with Crippen molar-refractivity contribution < 1.29 is 27.0 Å². The minimum Gasteiger partial charge on any atom is -0.494 e. The van der Waals surface area contributed by atoms with Gasteiger partial charge in [0.2, 0.25) is 26.6 Å². The van der Waals surface area contributed by atoms with Gasteiger partial charge in [-0.2, -0.15) is 4.98 Å². The summed E-state index contributed by atoms with van der Waals surface area (Å²) in [5.74, 6) is 1.96. The number of hydrogen-bond donors (Lipinski definition) is 1. The molecule has 2 heterocycles. The van der Waals surface area contributed by atoms with Gasteiger partial charge >= 0.3 is 0 Å². The molecule has 10 heteroatoms. The number of nitrogens with zero attached hydrogens (tertiary/aromatic N) is 2. The maximum atomic E-state index is 13.7. The molecule has 0 aliphatic carbocycles. The number of rotatable bonds is 12. The van der Waals surface area contributed by atoms with Gasteiger partial charge in [-0.05, 0) is 69.4 Å². The Morgan fingerprint density at radius 1 is 1.00 bits per heavy atom. The number of aromatic nitrogens is 1. The van der Waals surface area contributed by atoms with Gasteiger partial charge in [0, 0.05) is 18.2 Å². The Balaban J connectivity index is 1.64. The summed E-state index contributed by atoms with van der Waals surface area (Å²) in [6.07, 6.45) is 0.824. The van der Waals surface area contributed by atoms with E-state index in [4.69, 9.17) is 18.6 Å². The van der Waals surface area contributed by atoms with Gasteiger partial charge in [-0.15, -0.1) is 0 Å². The molecule has 9 nitrogen and oxygen atoms in total. The van der Waals surface area contributed by atoms with E-state index in [9.17, 15) is 8.42 Å². The van der Waals surface area contributed by atoms with Crippen LogP contribution in [0.5, 0.6) is 17.2 Å². The standard InChI is InChI=1S/C26H33N3O6S/c1-4-29(5-2)15-7-14-27-25-26(28-24(35-25)19-8-10-20(11-9-19)32-6-3)36(30,31)21-12-13-22-23(18-21)34-17-16-33-22/h8-13,18,27H,4-7,14-17H2,1-3H3. The van der Waals surface area contributed by atoms with Gasteiger partial charge in [-0.1, -0.05) is 13.8 Å². The Labute approximate surface area is 212 Å². The lowest BCUT2D eigenvalue weighted by molar-refractivity contribution is 0.171. The number of oxazole rings is 1. The van der Waals surface area contributed by atoms with E-state index in [0.29, 0.717) is 49.2 Å². The minimum atomic E-state index is -4.01. The van der Waals surface area contributed by atoms with Crippen LogP contribution in [-0.2, 0) is 9.84 Å². The molecule has 194 valence electrons. The van der Waals surface area contributed by atoms with Crippen molar-refractivity contribution in [2.75, 3.05) is 51.3 Å². The lowest BCUT2D eigenvalue weighted by atomic mass is 10.2. The van der Waals surface area contributed by atoms with E-state index < -0.39 is 9.84 Å². The Hall–Kier alpha value is -3.24. The topological polar surface area (TPSA) is 103 Å². The Kier molecular flexibility index (Phi) is 8.37. The molecule has 0 bridgehead atoms. The van der Waals surface area contributed by atoms with E-state index >= 15 is 0 Å². The van der Waals surface area contributed by atoms with Crippen molar-refractivity contribution in [1.82, 2.24) is 9.88 Å². The van der Waals surface area contributed by atoms with Gasteiger partial charge in [-0.3, -0.25) is 0 Å². The van der Waals surface area contributed by atoms with Crippen LogP contribution in [0.1, 0.15) is 27.2 Å². The molecule has 1 aliphatic rings. The van der Waals surface area contributed by atoms with Gasteiger partial charge in [0.05, 0.1) is 11.5 Å². The molecular formula is C26H33N3O6S. The lowest BCUT2D eigenvalue weighted by Gasteiger charge is -2.18. The number of hydrogen-bond acceptors (Lipinski definition) is 9. The third-order valence-corrected chi connectivity index (χ3v) is 7.58. The molecule has 1 aromatic heterocycles. The lowest BCUT2D eigenvalue weighted by Crippen LogP contribution is -2.25. The molecule has 0 saturated carbocycles. The van der Waals surface area contributed by atoms with Gasteiger partial charge in [0.25, 0.3) is 0 Å². The third kappa shape index (κ3) is 5.76. The van der Waals surface area contributed by atoms with Gasteiger partial charge in [-0.25, -0.2) is 8.42 Å². The summed E-state index contributed by atoms with van der Waals surface area (Å²) in [5.41, 5.74) is 0.647. The van der Waals surface area contributed by atoms with Crippen LogP contribution in [0.25, 0.3) is 11.5 Å². The number of ether oxygens (including phenoxy) is 3. The summed E-state index contributed by atoms with van der Waals surface area (Å²) in [4.78, 5) is 6.79. The van der Waals surface area contributed by atoms with Crippen LogP contribution in [0.3, 0.4) is 0 Å². The van der Waals surface area contributed by atoms with Gasteiger partial charge in [0.1, 0.15) is 19.0 Å². The molecule has 1 aliphatic heterocycles. The summed E-state index contributed by atoms with van der Waals surface area (Å²) in [5, 5.41) is 3.00. The molecule has 2 aromatic carbocycles. The first-order valence-electron chi connectivity index (χ1n) is 12.3. The summed E-state index contributed by atoms with van der Waals surface area (Å²) >= 11 is 0. The summed E-state index contributed by atoms with van der Waals surface area (Å²) in [6, 6.07) is 11.8. The maximum absolute atomic E-state index is 13.7. The predicted octanol–water partition coefficient (Wildman–Crippen LogP) is 4.49. The average molecular weight is 516 g/mol. The van der Waals surface area contributed by atoms with Crippen molar-refractivity contribution in [3.8, 4) is 28.7 Å². The van der Waals surface area contributed by atoms with E-state index in [1.165, 1.54) is 12.1 Å². The summed E-state index contributed by atoms with van der Waals surface area (Å²) in [6.45, 7) is 10.9. The van der Waals surface area contributed by atoms with Gasteiger partial charge in [0.15, 0.2) is 11.5 Å². The molecule has 0 atom stereocenters. The molecule has 3 aromatic rings. The van der Waals surface area contributed by atoms with Crippen LogP contribution in [0, 0.1) is 0 Å². The molecule has 0 amide bonds. The molecule has 1 N–H and O–H groups in total. The molecular weight excluding hydrogens is 482 g/mol. The normalized spacial score (nSPS) is 13.1. The molecule has 0 unspecified atom stereocenters. The van der Waals surface area contributed by atoms with Crippen LogP contribution in [0.4, 0.5) is 5.88 Å². The van der Waals surface area contributed by atoms with Crippen LogP contribution in [0.15, 0.2) is 56.8 Å². The zero-order chi connectivity index (χ0) is 25.5. The number of nitrogens with one attached hydrogen (secondary N) is 1. The van der Waals surface area contributed by atoms with Crippen LogP contribution in [0.2, 0.25) is 0 Å². The van der Waals surface area contributed by atoms with Gasteiger partial charge < -0.3 is 28.8 Å². The largest absolute Gasteiger partial charge is 0.494 e. The highest BCUT2D eigenvalue weighted by Crippen LogP contribution is 2.37. The van der Waals surface area contributed by atoms with Crippen molar-refractivity contribution in [3.63, 3.8) is 0 Å². The molecule has 4 rings (SSSR count). The highest BCUT2D eigenvalue weighted by atomic mass is 32.2. The van der Waals surface area contributed by atoms with E-state index in [1.807, 2.05) is 6.92 Å². The summed E-state index contributed by atoms with van der Waals surface area (Å²) < 4.78 is 49.9. The highest BCUT2D eigenvalue weighted by Gasteiger charge is 2.30. The Morgan fingerprint density at radius 2 is 1.72 bits per heavy atom. The Bertz CT molecular complexity index is 1250. The highest BCUT2D eigenvalue weighted by molar-refractivity contribution is 7.91.